The van der Waals surface area contributed by atoms with E-state index in [9.17, 15) is 29.1 Å². The zero-order valence-corrected chi connectivity index (χ0v) is 23.0. The van der Waals surface area contributed by atoms with E-state index in [-0.39, 0.29) is 26.1 Å². The highest BCUT2D eigenvalue weighted by Gasteiger charge is 2.37. The highest BCUT2D eigenvalue weighted by Crippen LogP contribution is 2.25. The van der Waals surface area contributed by atoms with Crippen LogP contribution >= 0.6 is 0 Å². The minimum Gasteiger partial charge on any atom is -0.466 e. The lowest BCUT2D eigenvalue weighted by atomic mass is 9.98. The van der Waals surface area contributed by atoms with Gasteiger partial charge >= 0.3 is 12.1 Å². The van der Waals surface area contributed by atoms with Crippen molar-refractivity contribution in [1.29, 1.82) is 0 Å². The maximum absolute atomic E-state index is 13.7. The van der Waals surface area contributed by atoms with Crippen molar-refractivity contribution in [2.75, 3.05) is 26.3 Å². The van der Waals surface area contributed by atoms with Crippen LogP contribution in [-0.4, -0.2) is 77.7 Å². The number of nitrogens with two attached hydrogens (primary N) is 1. The molecule has 0 radical (unpaired) electrons. The third kappa shape index (κ3) is 11.2. The van der Waals surface area contributed by atoms with E-state index in [1.165, 1.54) is 0 Å². The van der Waals surface area contributed by atoms with Gasteiger partial charge in [-0.2, -0.15) is 0 Å². The van der Waals surface area contributed by atoms with Crippen molar-refractivity contribution in [2.45, 2.75) is 72.1 Å². The topological polar surface area (TPSA) is 177 Å². The van der Waals surface area contributed by atoms with Crippen LogP contribution in [0.15, 0.2) is 18.2 Å². The Kier molecular flexibility index (Phi) is 12.7. The number of alkyl carbamates (subject to hydrolysis) is 1. The van der Waals surface area contributed by atoms with Crippen molar-refractivity contribution in [3.8, 4) is 0 Å². The molecule has 1 aromatic rings. The van der Waals surface area contributed by atoms with Crippen molar-refractivity contribution >= 4 is 29.8 Å². The highest BCUT2D eigenvalue weighted by molar-refractivity contribution is 5.94. The lowest BCUT2D eigenvalue weighted by Crippen LogP contribution is -2.54. The minimum atomic E-state index is -1.46. The van der Waals surface area contributed by atoms with Gasteiger partial charge in [-0.3, -0.25) is 19.2 Å². The van der Waals surface area contributed by atoms with Gasteiger partial charge in [0, 0.05) is 13.1 Å². The van der Waals surface area contributed by atoms with Crippen LogP contribution in [-0.2, 0) is 28.7 Å². The van der Waals surface area contributed by atoms with Gasteiger partial charge in [-0.1, -0.05) is 29.3 Å². The molecule has 0 heterocycles. The third-order valence-corrected chi connectivity index (χ3v) is 5.07. The number of rotatable bonds is 13. The number of esters is 1. The summed E-state index contributed by atoms with van der Waals surface area (Å²) in [6, 6.07) is 2.59. The predicted octanol–water partition coefficient (Wildman–Crippen LogP) is 1.00. The zero-order valence-electron chi connectivity index (χ0n) is 23.0. The number of nitrogens with one attached hydrogen (secondary N) is 2. The summed E-state index contributed by atoms with van der Waals surface area (Å²) in [5, 5.41) is 14.8. The molecular weight excluding hydrogens is 496 g/mol. The van der Waals surface area contributed by atoms with Crippen LogP contribution in [0.25, 0.3) is 0 Å². The van der Waals surface area contributed by atoms with Gasteiger partial charge in [0.15, 0.2) is 0 Å². The number of nitrogens with zero attached hydrogens (tertiary/aromatic N) is 1. The van der Waals surface area contributed by atoms with Crippen molar-refractivity contribution < 1.29 is 38.6 Å². The maximum atomic E-state index is 13.7. The average molecular weight is 537 g/mol. The van der Waals surface area contributed by atoms with E-state index in [2.05, 4.69) is 10.6 Å². The Bertz CT molecular complexity index is 985. The number of amides is 4. The van der Waals surface area contributed by atoms with Crippen LogP contribution in [0.3, 0.4) is 0 Å². The standard InChI is InChI=1S/C26H40N4O8/c1-7-37-21(33)8-9-28-23(34)22(18-13-16(2)12-17(3)14-18)30(10-11-31)24(35)19(15-20(27)32)29-25(36)38-26(4,5)6/h12-14,19,22,31H,7-11,15H2,1-6H3,(H2,27,32)(H,28,34)(H,29,36). The number of aryl methyl sites for hydroxylation is 2. The van der Waals surface area contributed by atoms with Crippen molar-refractivity contribution in [2.24, 2.45) is 5.73 Å². The second-order valence-corrected chi connectivity index (χ2v) is 9.79. The summed E-state index contributed by atoms with van der Waals surface area (Å²) in [6.45, 7) is 9.54. The van der Waals surface area contributed by atoms with Crippen molar-refractivity contribution in [3.05, 3.63) is 34.9 Å². The summed E-state index contributed by atoms with van der Waals surface area (Å²) < 4.78 is 10.1. The van der Waals surface area contributed by atoms with Gasteiger partial charge in [-0.15, -0.1) is 0 Å². The van der Waals surface area contributed by atoms with E-state index in [0.29, 0.717) is 5.56 Å². The second-order valence-electron chi connectivity index (χ2n) is 9.79. The molecule has 1 aromatic carbocycles. The fraction of sp³-hybridized carbons (Fsp3) is 0.577. The van der Waals surface area contributed by atoms with E-state index in [1.807, 2.05) is 19.9 Å². The Morgan fingerprint density at radius 1 is 1.08 bits per heavy atom. The summed E-state index contributed by atoms with van der Waals surface area (Å²) in [6.07, 6.45) is -1.61. The van der Waals surface area contributed by atoms with Crippen LogP contribution in [0.2, 0.25) is 0 Å². The SMILES string of the molecule is CCOC(=O)CCNC(=O)C(c1cc(C)cc(C)c1)N(CCO)C(=O)C(CC(N)=O)NC(=O)OC(C)(C)C. The third-order valence-electron chi connectivity index (χ3n) is 5.07. The lowest BCUT2D eigenvalue weighted by molar-refractivity contribution is -0.145. The molecule has 5 N–H and O–H groups in total. The molecule has 0 bridgehead atoms. The van der Waals surface area contributed by atoms with Crippen molar-refractivity contribution in [3.63, 3.8) is 0 Å². The Morgan fingerprint density at radius 3 is 2.18 bits per heavy atom. The fourth-order valence-electron chi connectivity index (χ4n) is 3.78. The molecule has 212 valence electrons. The number of aliphatic hydroxyl groups excluding tert-OH is 1. The molecule has 4 amide bonds. The van der Waals surface area contributed by atoms with E-state index in [1.54, 1.807) is 39.8 Å². The molecule has 0 saturated heterocycles. The van der Waals surface area contributed by atoms with Crippen LogP contribution in [0, 0.1) is 13.8 Å². The summed E-state index contributed by atoms with van der Waals surface area (Å²) in [4.78, 5) is 64.1. The molecule has 0 aliphatic carbocycles. The number of hydrogen-bond donors (Lipinski definition) is 4. The first kappa shape index (κ1) is 32.4. The Hall–Kier alpha value is -3.67. The number of carbonyl (C=O) groups excluding carboxylic acids is 5. The Labute approximate surface area is 223 Å². The molecule has 1 rings (SSSR count). The van der Waals surface area contributed by atoms with Gasteiger partial charge in [-0.25, -0.2) is 4.79 Å². The quantitative estimate of drug-likeness (QED) is 0.270. The molecular formula is C26H40N4O8. The zero-order chi connectivity index (χ0) is 29.0. The molecule has 2 unspecified atom stereocenters. The molecule has 0 aliphatic rings. The van der Waals surface area contributed by atoms with Crippen LogP contribution in [0.1, 0.15) is 63.3 Å². The van der Waals surface area contributed by atoms with Gasteiger partial charge in [0.2, 0.25) is 17.7 Å². The molecule has 0 aliphatic heterocycles. The molecule has 12 nitrogen and oxygen atoms in total. The first-order chi connectivity index (χ1) is 17.7. The molecule has 0 saturated carbocycles. The van der Waals surface area contributed by atoms with E-state index in [0.717, 1.165) is 16.0 Å². The van der Waals surface area contributed by atoms with Crippen LogP contribution in [0.4, 0.5) is 4.79 Å². The number of aliphatic hydroxyl groups is 1. The van der Waals surface area contributed by atoms with E-state index in [4.69, 9.17) is 15.2 Å². The van der Waals surface area contributed by atoms with Gasteiger partial charge in [-0.05, 0) is 47.1 Å². The molecule has 0 spiro atoms. The highest BCUT2D eigenvalue weighted by atomic mass is 16.6. The smallest absolute Gasteiger partial charge is 0.408 e. The Morgan fingerprint density at radius 2 is 1.68 bits per heavy atom. The normalized spacial score (nSPS) is 12.6. The van der Waals surface area contributed by atoms with Gasteiger partial charge in [0.1, 0.15) is 17.7 Å². The largest absolute Gasteiger partial charge is 0.466 e. The molecule has 0 fully saturated rings. The monoisotopic (exact) mass is 536 g/mol. The van der Waals surface area contributed by atoms with Crippen LogP contribution < -0.4 is 16.4 Å². The van der Waals surface area contributed by atoms with E-state index < -0.39 is 60.5 Å². The number of carbonyl (C=O) groups is 5. The maximum Gasteiger partial charge on any atom is 0.408 e. The van der Waals surface area contributed by atoms with Gasteiger partial charge < -0.3 is 35.8 Å². The van der Waals surface area contributed by atoms with Crippen molar-refractivity contribution in [1.82, 2.24) is 15.5 Å². The number of primary amides is 1. The Balaban J connectivity index is 3.43. The number of hydrogen-bond acceptors (Lipinski definition) is 8. The fourth-order valence-corrected chi connectivity index (χ4v) is 3.78. The van der Waals surface area contributed by atoms with Gasteiger partial charge in [0.05, 0.1) is 26.1 Å². The first-order valence-electron chi connectivity index (χ1n) is 12.4. The lowest BCUT2D eigenvalue weighted by Gasteiger charge is -2.34. The molecule has 12 heteroatoms. The molecule has 38 heavy (non-hydrogen) atoms. The van der Waals surface area contributed by atoms with Crippen LogP contribution in [0.5, 0.6) is 0 Å². The van der Waals surface area contributed by atoms with Gasteiger partial charge in [0.25, 0.3) is 0 Å². The summed E-state index contributed by atoms with van der Waals surface area (Å²) in [5.74, 6) is -2.82. The summed E-state index contributed by atoms with van der Waals surface area (Å²) in [7, 11) is 0. The number of benzene rings is 1. The minimum absolute atomic E-state index is 0.0546. The first-order valence-corrected chi connectivity index (χ1v) is 12.4. The average Bonchev–Trinajstić information content (AvgIpc) is 2.75. The van der Waals surface area contributed by atoms with E-state index >= 15 is 0 Å². The molecule has 2 atom stereocenters. The summed E-state index contributed by atoms with van der Waals surface area (Å²) in [5.41, 5.74) is 6.54. The number of ether oxygens (including phenoxy) is 2. The molecule has 0 aromatic heterocycles. The summed E-state index contributed by atoms with van der Waals surface area (Å²) >= 11 is 0. The predicted molar refractivity (Wildman–Crippen MR) is 139 cm³/mol. The second kappa shape index (κ2) is 14.9.